The van der Waals surface area contributed by atoms with E-state index in [9.17, 15) is 4.79 Å². The highest BCUT2D eigenvalue weighted by Gasteiger charge is 2.03. The highest BCUT2D eigenvalue weighted by Crippen LogP contribution is 2.04. The zero-order valence-corrected chi connectivity index (χ0v) is 8.43. The van der Waals surface area contributed by atoms with Crippen LogP contribution in [0.1, 0.15) is 6.42 Å². The fourth-order valence-corrected chi connectivity index (χ4v) is 1.01. The van der Waals surface area contributed by atoms with Crippen molar-refractivity contribution < 1.29 is 9.53 Å². The van der Waals surface area contributed by atoms with E-state index in [2.05, 4.69) is 10.4 Å². The lowest BCUT2D eigenvalue weighted by molar-refractivity contribution is -0.115. The number of amides is 1. The first kappa shape index (κ1) is 11.2. The van der Waals surface area contributed by atoms with Crippen LogP contribution in [0.25, 0.3) is 0 Å². The van der Waals surface area contributed by atoms with Crippen LogP contribution in [0, 0.1) is 11.3 Å². The van der Waals surface area contributed by atoms with Crippen molar-refractivity contribution in [3.63, 3.8) is 0 Å². The Kier molecular flexibility index (Phi) is 4.31. The van der Waals surface area contributed by atoms with Crippen LogP contribution in [-0.2, 0) is 16.1 Å². The number of rotatable bonds is 5. The van der Waals surface area contributed by atoms with Gasteiger partial charge in [-0.15, -0.1) is 0 Å². The Morgan fingerprint density at radius 1 is 1.80 bits per heavy atom. The fraction of sp³-hybridized carbons (Fsp3) is 0.444. The van der Waals surface area contributed by atoms with Gasteiger partial charge in [0, 0.05) is 13.3 Å². The lowest BCUT2D eigenvalue weighted by Gasteiger charge is -1.99. The summed E-state index contributed by atoms with van der Waals surface area (Å²) in [6.45, 7) is 1.19. The second-order valence-corrected chi connectivity index (χ2v) is 2.87. The fourth-order valence-electron chi connectivity index (χ4n) is 1.01. The van der Waals surface area contributed by atoms with E-state index in [0.29, 0.717) is 18.8 Å². The molecule has 0 fully saturated rings. The van der Waals surface area contributed by atoms with E-state index in [0.717, 1.165) is 0 Å². The predicted molar refractivity (Wildman–Crippen MR) is 53.0 cm³/mol. The van der Waals surface area contributed by atoms with Crippen LogP contribution in [0.15, 0.2) is 12.4 Å². The van der Waals surface area contributed by atoms with Crippen LogP contribution in [0.4, 0.5) is 5.69 Å². The number of aromatic nitrogens is 2. The predicted octanol–water partition coefficient (Wildman–Crippen LogP) is 0.382. The zero-order chi connectivity index (χ0) is 11.1. The van der Waals surface area contributed by atoms with Gasteiger partial charge in [-0.25, -0.2) is 0 Å². The second kappa shape index (κ2) is 5.78. The summed E-state index contributed by atoms with van der Waals surface area (Å²) >= 11 is 0. The maximum Gasteiger partial charge on any atom is 0.238 e. The number of carbonyl (C=O) groups is 1. The summed E-state index contributed by atoms with van der Waals surface area (Å²) in [7, 11) is 1.61. The van der Waals surface area contributed by atoms with Gasteiger partial charge in [0.1, 0.15) is 6.42 Å². The van der Waals surface area contributed by atoms with Gasteiger partial charge in [0.2, 0.25) is 5.91 Å². The molecule has 1 rings (SSSR count). The number of carbonyl (C=O) groups excluding carboxylic acids is 1. The van der Waals surface area contributed by atoms with Gasteiger partial charge in [0.05, 0.1) is 31.1 Å². The molecule has 1 aromatic rings. The van der Waals surface area contributed by atoms with Crippen molar-refractivity contribution in [3.8, 4) is 6.07 Å². The molecule has 0 radical (unpaired) electrons. The lowest BCUT2D eigenvalue weighted by Crippen LogP contribution is -2.09. The molecule has 1 heterocycles. The minimum atomic E-state index is -0.330. The topological polar surface area (TPSA) is 79.9 Å². The molecule has 1 amide bonds. The molecule has 0 saturated carbocycles. The summed E-state index contributed by atoms with van der Waals surface area (Å²) in [4.78, 5) is 11.0. The van der Waals surface area contributed by atoms with Crippen molar-refractivity contribution in [1.82, 2.24) is 9.78 Å². The first-order valence-electron chi connectivity index (χ1n) is 4.44. The van der Waals surface area contributed by atoms with Crippen LogP contribution >= 0.6 is 0 Å². The third kappa shape index (κ3) is 3.79. The average molecular weight is 208 g/mol. The quantitative estimate of drug-likeness (QED) is 0.758. The smallest absolute Gasteiger partial charge is 0.238 e. The molecule has 6 heteroatoms. The molecule has 0 spiro atoms. The van der Waals surface area contributed by atoms with E-state index in [-0.39, 0.29) is 12.3 Å². The summed E-state index contributed by atoms with van der Waals surface area (Å²) < 4.78 is 6.54. The van der Waals surface area contributed by atoms with E-state index in [4.69, 9.17) is 10.00 Å². The first-order chi connectivity index (χ1) is 7.26. The molecule has 80 valence electrons. The van der Waals surface area contributed by atoms with Crippen LogP contribution in [0.5, 0.6) is 0 Å². The van der Waals surface area contributed by atoms with Crippen molar-refractivity contribution >= 4 is 11.6 Å². The van der Waals surface area contributed by atoms with Gasteiger partial charge in [-0.3, -0.25) is 9.48 Å². The van der Waals surface area contributed by atoms with Crippen molar-refractivity contribution in [3.05, 3.63) is 12.4 Å². The molecular formula is C9H12N4O2. The van der Waals surface area contributed by atoms with Crippen molar-refractivity contribution in [2.24, 2.45) is 0 Å². The van der Waals surface area contributed by atoms with Crippen LogP contribution in [-0.4, -0.2) is 29.4 Å². The average Bonchev–Trinajstić information content (AvgIpc) is 2.63. The van der Waals surface area contributed by atoms with E-state index >= 15 is 0 Å². The van der Waals surface area contributed by atoms with E-state index in [1.165, 1.54) is 6.20 Å². The maximum absolute atomic E-state index is 11.0. The molecule has 0 aliphatic carbocycles. The monoisotopic (exact) mass is 208 g/mol. The molecule has 0 saturated heterocycles. The number of anilines is 1. The number of hydrogen-bond donors (Lipinski definition) is 1. The summed E-state index contributed by atoms with van der Waals surface area (Å²) in [6, 6.07) is 1.77. The Labute approximate surface area is 87.4 Å². The van der Waals surface area contributed by atoms with E-state index < -0.39 is 0 Å². The Balaban J connectivity index is 2.46. The van der Waals surface area contributed by atoms with Gasteiger partial charge in [0.15, 0.2) is 0 Å². The van der Waals surface area contributed by atoms with Gasteiger partial charge in [-0.05, 0) is 0 Å². The number of ether oxygens (including phenoxy) is 1. The molecule has 1 aromatic heterocycles. The standard InChI is InChI=1S/C9H12N4O2/c1-15-5-4-13-7-8(6-11-13)12-9(14)2-3-10/h6-7H,2,4-5H2,1H3,(H,12,14). The van der Waals surface area contributed by atoms with Gasteiger partial charge in [0.25, 0.3) is 0 Å². The Morgan fingerprint density at radius 2 is 2.60 bits per heavy atom. The van der Waals surface area contributed by atoms with Gasteiger partial charge in [-0.2, -0.15) is 10.4 Å². The van der Waals surface area contributed by atoms with E-state index in [1.807, 2.05) is 0 Å². The minimum absolute atomic E-state index is 0.150. The number of nitriles is 1. The van der Waals surface area contributed by atoms with Crippen LogP contribution < -0.4 is 5.32 Å². The highest BCUT2D eigenvalue weighted by atomic mass is 16.5. The van der Waals surface area contributed by atoms with Crippen LogP contribution in [0.3, 0.4) is 0 Å². The Morgan fingerprint density at radius 3 is 3.27 bits per heavy atom. The molecule has 1 N–H and O–H groups in total. The summed E-state index contributed by atoms with van der Waals surface area (Å²) in [5.41, 5.74) is 0.589. The third-order valence-corrected chi connectivity index (χ3v) is 1.68. The SMILES string of the molecule is COCCn1cc(NC(=O)CC#N)cn1. The normalized spacial score (nSPS) is 9.60. The Bertz CT molecular complexity index is 366. The summed E-state index contributed by atoms with van der Waals surface area (Å²) in [5.74, 6) is -0.330. The van der Waals surface area contributed by atoms with E-state index in [1.54, 1.807) is 24.1 Å². The molecule has 0 atom stereocenters. The molecule has 0 aliphatic rings. The number of hydrogen-bond acceptors (Lipinski definition) is 4. The zero-order valence-electron chi connectivity index (χ0n) is 8.43. The van der Waals surface area contributed by atoms with Crippen LogP contribution in [0.2, 0.25) is 0 Å². The maximum atomic E-state index is 11.0. The van der Waals surface area contributed by atoms with Gasteiger partial charge < -0.3 is 10.1 Å². The molecule has 0 aliphatic heterocycles. The highest BCUT2D eigenvalue weighted by molar-refractivity contribution is 5.91. The molecule has 6 nitrogen and oxygen atoms in total. The summed E-state index contributed by atoms with van der Waals surface area (Å²) in [5, 5.41) is 14.8. The van der Waals surface area contributed by atoms with Crippen molar-refractivity contribution in [2.75, 3.05) is 19.0 Å². The van der Waals surface area contributed by atoms with Crippen molar-refractivity contribution in [1.29, 1.82) is 5.26 Å². The largest absolute Gasteiger partial charge is 0.383 e. The van der Waals surface area contributed by atoms with Crippen molar-refractivity contribution in [2.45, 2.75) is 13.0 Å². The molecular weight excluding hydrogens is 196 g/mol. The number of methoxy groups -OCH3 is 1. The minimum Gasteiger partial charge on any atom is -0.383 e. The number of nitrogens with one attached hydrogen (secondary N) is 1. The molecule has 0 aromatic carbocycles. The molecule has 15 heavy (non-hydrogen) atoms. The summed E-state index contributed by atoms with van der Waals surface area (Å²) in [6.07, 6.45) is 3.07. The lowest BCUT2D eigenvalue weighted by atomic mass is 10.4. The Hall–Kier alpha value is -1.87. The number of nitrogens with zero attached hydrogens (tertiary/aromatic N) is 3. The first-order valence-corrected chi connectivity index (χ1v) is 4.44. The van der Waals surface area contributed by atoms with Gasteiger partial charge >= 0.3 is 0 Å². The second-order valence-electron chi connectivity index (χ2n) is 2.87. The third-order valence-electron chi connectivity index (χ3n) is 1.68. The molecule has 0 bridgehead atoms. The molecule has 0 unspecified atom stereocenters. The van der Waals surface area contributed by atoms with Gasteiger partial charge in [-0.1, -0.05) is 0 Å².